The number of hydrogen-bond donors (Lipinski definition) is 5. The van der Waals surface area contributed by atoms with Crippen LogP contribution in [0.3, 0.4) is 0 Å². The van der Waals surface area contributed by atoms with Gasteiger partial charge in [-0.05, 0) is 185 Å². The minimum absolute atomic E-state index is 0. The summed E-state index contributed by atoms with van der Waals surface area (Å²) in [5.74, 6) is -0.425. The maximum Gasteiger partial charge on any atom is 0.410 e. The van der Waals surface area contributed by atoms with Gasteiger partial charge >= 0.3 is 12.1 Å². The molecule has 6 aliphatic rings. The number of urea groups is 1. The maximum atomic E-state index is 13.1. The van der Waals surface area contributed by atoms with Crippen LogP contribution in [0.5, 0.6) is 0 Å². The predicted molar refractivity (Wildman–Crippen MR) is 504 cm³/mol. The number of amides is 6. The van der Waals surface area contributed by atoms with Crippen molar-refractivity contribution < 1.29 is 38.2 Å². The number of aliphatic imine (C=N–C) groups is 1. The molecule has 0 saturated carbocycles. The summed E-state index contributed by atoms with van der Waals surface area (Å²) in [6, 6.07) is 41.2. The van der Waals surface area contributed by atoms with Gasteiger partial charge in [-0.25, -0.2) is 39.0 Å². The summed E-state index contributed by atoms with van der Waals surface area (Å²) in [5, 5.41) is 17.7. The molecule has 130 heavy (non-hydrogen) atoms. The summed E-state index contributed by atoms with van der Waals surface area (Å²) in [6.07, 6.45) is 23.5. The molecule has 6 amide bonds. The van der Waals surface area contributed by atoms with Crippen molar-refractivity contribution in [3.05, 3.63) is 318 Å². The Bertz CT molecular complexity index is 6190. The zero-order chi connectivity index (χ0) is 92.5. The van der Waals surface area contributed by atoms with Crippen LogP contribution >= 0.6 is 34.8 Å². The molecule has 3 unspecified atom stereocenters. The van der Waals surface area contributed by atoms with Crippen LogP contribution in [-0.4, -0.2) is 190 Å². The largest absolute Gasteiger partial charge is 0.444 e. The molecule has 0 radical (unpaired) electrons. The zero-order valence-electron chi connectivity index (χ0n) is 73.6. The first kappa shape index (κ1) is 94.0. The number of ether oxygens (including phenoxy) is 1. The fourth-order valence-electron chi connectivity index (χ4n) is 17.0. The van der Waals surface area contributed by atoms with E-state index in [4.69, 9.17) is 72.4 Å². The molecule has 0 bridgehead atoms. The third-order valence-electron chi connectivity index (χ3n) is 22.8. The van der Waals surface area contributed by atoms with E-state index in [9.17, 15) is 28.8 Å². The number of imidazole rings is 3. The normalized spacial score (nSPS) is 16.9. The van der Waals surface area contributed by atoms with Crippen molar-refractivity contribution in [3.8, 4) is 0 Å². The highest BCUT2D eigenvalue weighted by atomic mass is 35.5. The lowest BCUT2D eigenvalue weighted by Crippen LogP contribution is -2.51. The van der Waals surface area contributed by atoms with Crippen LogP contribution < -0.4 is 26.6 Å². The number of halogens is 4. The number of rotatable bonds is 14. The highest BCUT2D eigenvalue weighted by molar-refractivity contribution is 6.31. The second kappa shape index (κ2) is 43.0. The predicted octanol–water partition coefficient (Wildman–Crippen LogP) is 16.7. The van der Waals surface area contributed by atoms with Crippen LogP contribution in [0.1, 0.15) is 169 Å². The second-order valence-electron chi connectivity index (χ2n) is 32.6. The summed E-state index contributed by atoms with van der Waals surface area (Å²) in [5.41, 5.74) is 18.9. The Morgan fingerprint density at radius 3 is 1.18 bits per heavy atom. The summed E-state index contributed by atoms with van der Waals surface area (Å²) in [7, 11) is 5.76. The van der Waals surface area contributed by atoms with Gasteiger partial charge in [-0.3, -0.25) is 48.8 Å². The first-order chi connectivity index (χ1) is 62.7. The minimum atomic E-state index is -0.545. The van der Waals surface area contributed by atoms with E-state index in [0.717, 1.165) is 127 Å². The lowest BCUT2D eigenvalue weighted by molar-refractivity contribution is -0.120. The molecule has 3 aliphatic carbocycles. The summed E-state index contributed by atoms with van der Waals surface area (Å²) < 4.78 is 24.4. The average Bonchev–Trinajstić information content (AvgIpc) is 1.64. The second-order valence-corrected chi connectivity index (χ2v) is 33.9. The number of carbonyl (C=O) groups is 5. The minimum Gasteiger partial charge on any atom is -0.444 e. The van der Waals surface area contributed by atoms with Crippen LogP contribution in [0, 0.1) is 13.1 Å². The molecular formula is C97H102Cl3FN22O7. The Labute approximate surface area is 771 Å². The van der Waals surface area contributed by atoms with E-state index in [-0.39, 0.29) is 61.4 Å². The molecule has 5 N–H and O–H groups in total. The Morgan fingerprint density at radius 1 is 0.515 bits per heavy atom. The Morgan fingerprint density at radius 2 is 0.862 bits per heavy atom. The van der Waals surface area contributed by atoms with Crippen LogP contribution in [0.15, 0.2) is 201 Å². The number of aromatic nitrogens is 9. The van der Waals surface area contributed by atoms with E-state index >= 15 is 0 Å². The van der Waals surface area contributed by atoms with E-state index in [0.29, 0.717) is 90.2 Å². The van der Waals surface area contributed by atoms with Crippen molar-refractivity contribution >= 4 is 128 Å². The van der Waals surface area contributed by atoms with Crippen molar-refractivity contribution in [2.75, 3.05) is 83.9 Å². The summed E-state index contributed by atoms with van der Waals surface area (Å²) in [6.45, 7) is 32.4. The fraction of sp³-hybridized carbons (Fsp3) is 0.299. The molecule has 3 fully saturated rings. The molecule has 3 aliphatic heterocycles. The van der Waals surface area contributed by atoms with Gasteiger partial charge in [0.25, 0.3) is 1.45 Å². The van der Waals surface area contributed by atoms with Crippen LogP contribution in [0.2, 0.25) is 15.1 Å². The van der Waals surface area contributed by atoms with Crippen molar-refractivity contribution in [3.63, 3.8) is 0 Å². The van der Waals surface area contributed by atoms with E-state index in [1.165, 1.54) is 19.9 Å². The van der Waals surface area contributed by atoms with Crippen molar-refractivity contribution in [2.45, 2.75) is 90.8 Å². The molecule has 6 aromatic heterocycles. The molecule has 0 spiro atoms. The Balaban J connectivity index is 0.000000166. The van der Waals surface area contributed by atoms with Crippen LogP contribution in [-0.2, 0) is 45.1 Å². The molecule has 17 rings (SSSR count). The summed E-state index contributed by atoms with van der Waals surface area (Å²) in [4.78, 5) is 121. The Kier molecular flexibility index (Phi) is 31.1. The number of fused-ring (bicyclic) bond motifs is 6. The third-order valence-corrected chi connectivity index (χ3v) is 23.5. The van der Waals surface area contributed by atoms with Gasteiger partial charge < -0.3 is 54.8 Å². The van der Waals surface area contributed by atoms with Crippen LogP contribution in [0.4, 0.5) is 37.1 Å². The number of piperazine rings is 3. The van der Waals surface area contributed by atoms with E-state index in [1.807, 2.05) is 147 Å². The number of nitrogens with zero attached hydrogens (tertiary/aromatic N) is 17. The molecule has 5 aromatic carbocycles. The first-order valence-electron chi connectivity index (χ1n) is 42.2. The van der Waals surface area contributed by atoms with Gasteiger partial charge in [-0.2, -0.15) is 4.99 Å². The van der Waals surface area contributed by atoms with Crippen molar-refractivity contribution in [1.82, 2.24) is 89.4 Å². The molecular weight excluding hydrogens is 1710 g/mol. The topological polar surface area (TPSA) is 301 Å². The molecule has 29 nitrogen and oxygen atoms in total. The lowest BCUT2D eigenvalue weighted by Gasteiger charge is -2.40. The number of carbonyl (C=O) groups excluding carboxylic acids is 6. The third kappa shape index (κ3) is 22.4. The molecule has 670 valence electrons. The molecule has 6 atom stereocenters. The number of isocyanates is 1. The van der Waals surface area contributed by atoms with Crippen LogP contribution in [0.25, 0.3) is 44.6 Å². The highest BCUT2D eigenvalue weighted by Crippen LogP contribution is 2.49. The number of nitrogens with one attached hydrogen (secondary N) is 5. The average molecular weight is 1820 g/mol. The maximum absolute atomic E-state index is 13.1. The van der Waals surface area contributed by atoms with Crippen molar-refractivity contribution in [2.24, 2.45) is 26.1 Å². The van der Waals surface area contributed by atoms with E-state index in [2.05, 4.69) is 103 Å². The smallest absolute Gasteiger partial charge is 0.410 e. The number of aryl methyl sites for hydroxylation is 3. The Hall–Kier alpha value is -13.7. The molecule has 33 heteroatoms. The van der Waals surface area contributed by atoms with Gasteiger partial charge in [0.1, 0.15) is 5.60 Å². The first-order valence-corrected chi connectivity index (χ1v) is 42.9. The molecule has 11 aromatic rings. The van der Waals surface area contributed by atoms with Gasteiger partial charge in [-0.1, -0.05) is 103 Å². The van der Waals surface area contributed by atoms with Crippen molar-refractivity contribution in [1.29, 1.82) is 1.45 Å². The number of pyridine rings is 3. The van der Waals surface area contributed by atoms with Gasteiger partial charge in [-0.15, -0.1) is 0 Å². The highest BCUT2D eigenvalue weighted by Gasteiger charge is 2.41. The monoisotopic (exact) mass is 1810 g/mol. The number of anilines is 1. The van der Waals surface area contributed by atoms with Gasteiger partial charge in [0.15, 0.2) is 11.4 Å². The quantitative estimate of drug-likeness (QED) is 0.0384. The molecule has 9 heterocycles. The molecule has 3 saturated heterocycles. The van der Waals surface area contributed by atoms with E-state index < -0.39 is 17.7 Å². The zero-order valence-corrected chi connectivity index (χ0v) is 74.9. The number of benzene rings is 5. The summed E-state index contributed by atoms with van der Waals surface area (Å²) >= 11 is 19.7. The number of hydrogen-bond acceptors (Lipinski definition) is 18. The SMILES string of the molecule is C.CC(=O)NC(C1=Cc2cccnc2[C@@H](N2CCN(C(=O)OC(C)(C)C)CC2)c2ccc(Cl)cc21)c1cncn1C.CC(=O)NC(C1=Cc2cccnc2[C@@H](N2CCNCC2)c2ccc(Cl)cc21)c1cncn1C.[3H]F.[C-]#[N+]c1ccc(N=C=O)cc1.[C-]#[N+]c1ccc(NC(=O)N2CCN([C@H]3c4ccc(Cl)cc4C(C(NC(C)=O)c4cncn4C)=Cc4cccnc43)CC2)cc1. The van der Waals surface area contributed by atoms with Gasteiger partial charge in [0.05, 0.1) is 127 Å². The van der Waals surface area contributed by atoms with Gasteiger partial charge in [0.2, 0.25) is 23.8 Å². The fourth-order valence-corrected chi connectivity index (χ4v) is 17.5. The van der Waals surface area contributed by atoms with Gasteiger partial charge in [0, 0.05) is 160 Å². The van der Waals surface area contributed by atoms with E-state index in [1.54, 1.807) is 109 Å². The lowest BCUT2D eigenvalue weighted by atomic mass is 9.89. The standard InChI is InChI=1S/C33H31ClN8O2.C30H35ClN6O3.C25H27ClN6O.C8H4N2O.CH4.FH/c1-21(43)38-31(29-19-36-20-40(29)3)28-17-22-5-4-12-37-30(22)32(26-11-6-23(34)18-27(26)28)41-13-15-42(16-14-41)33(44)39-25-9-7-24(35-2)8-10-25;1-19(38)34-27(25-17-32-18-35(25)5)24-15-20-7-6-10-33-26(20)28(22-9-8-21(31)16-23(22)24)36-11-13-37(14-12-36)29(39)40-30(2,3)4;1-16(33)30-24(22-14-28-15-31(22)2)21-12-17-4-3-7-29-23(17)25(32-10-8-27-9-11-32)19-6-5-18(26)13-20(19)21;1-9-7-2-4-8(5-3-7)10-6-11;;/h4-12,17-20,31-32H,13-16H2,1,3H3,(H,38,43)(H,39,44);6-10,15-18,27-28H,11-14H2,1-5H3,(H,34,38);3-7,12-15,24-25,27H,8-11H2,1-2H3,(H,30,33);2-5H;1H4;1H/t31?,32-;27?,28-;24?,25-;;;/m000.../s1/i/hT.